The Kier molecular flexibility index (Phi) is 2.67. The van der Waals surface area contributed by atoms with Crippen molar-refractivity contribution in [2.45, 2.75) is 12.1 Å². The molecule has 6 heteroatoms. The van der Waals surface area contributed by atoms with Crippen molar-refractivity contribution in [3.05, 3.63) is 23.7 Å². The van der Waals surface area contributed by atoms with E-state index in [2.05, 4.69) is 4.99 Å². The second kappa shape index (κ2) is 4.62. The fraction of sp³-hybridized carbons (Fsp3) is 0.583. The van der Waals surface area contributed by atoms with E-state index < -0.39 is 6.02 Å². The van der Waals surface area contributed by atoms with Gasteiger partial charge in [-0.3, -0.25) is 4.99 Å². The van der Waals surface area contributed by atoms with Crippen LogP contribution < -0.4 is 5.73 Å². The molecule has 2 N–H and O–H groups in total. The minimum atomic E-state index is -1.06. The number of fused-ring (bicyclic) bond motifs is 1. The number of ether oxygens (including phenoxy) is 3. The van der Waals surface area contributed by atoms with E-state index in [1.165, 1.54) is 0 Å². The van der Waals surface area contributed by atoms with Gasteiger partial charge in [-0.05, 0) is 0 Å². The third-order valence-corrected chi connectivity index (χ3v) is 3.13. The predicted molar refractivity (Wildman–Crippen MR) is 65.9 cm³/mol. The van der Waals surface area contributed by atoms with Gasteiger partial charge in [0.1, 0.15) is 17.7 Å². The standard InChI is InChI=1S/C12H17N3O3/c1-16-10-4-12-14-9(6-15(12)5-8(10)13)11-7-17-2-3-18-11/h4-5,9,11H,2-3,6-7,13H2,1H3/i9D. The van der Waals surface area contributed by atoms with Gasteiger partial charge in [-0.2, -0.15) is 0 Å². The molecule has 0 radical (unpaired) electrons. The molecule has 3 aliphatic rings. The highest BCUT2D eigenvalue weighted by atomic mass is 16.6. The van der Waals surface area contributed by atoms with Crippen LogP contribution in [0.5, 0.6) is 0 Å². The van der Waals surface area contributed by atoms with Crippen LogP contribution in [0.4, 0.5) is 0 Å². The molecule has 0 amide bonds. The number of rotatable bonds is 2. The van der Waals surface area contributed by atoms with E-state index in [4.69, 9.17) is 21.3 Å². The van der Waals surface area contributed by atoms with E-state index in [0.29, 0.717) is 43.7 Å². The summed E-state index contributed by atoms with van der Waals surface area (Å²) in [5.41, 5.74) is 6.40. The molecule has 2 atom stereocenters. The molecule has 1 fully saturated rings. The van der Waals surface area contributed by atoms with Crippen molar-refractivity contribution in [3.63, 3.8) is 0 Å². The van der Waals surface area contributed by atoms with Crippen molar-refractivity contribution < 1.29 is 15.6 Å². The second-order valence-corrected chi connectivity index (χ2v) is 4.32. The first-order chi connectivity index (χ1) is 9.12. The lowest BCUT2D eigenvalue weighted by Gasteiger charge is -2.27. The SMILES string of the molecule is [2H]C1(C2COCCO2)CN2C=C(N)C(OC)=CC2=N1. The van der Waals surface area contributed by atoms with Crippen molar-refractivity contribution in [3.8, 4) is 0 Å². The molecular formula is C12H17N3O3. The molecule has 1 saturated heterocycles. The summed E-state index contributed by atoms with van der Waals surface area (Å²) in [6, 6.07) is -1.06. The van der Waals surface area contributed by atoms with Crippen molar-refractivity contribution >= 4 is 5.84 Å². The van der Waals surface area contributed by atoms with Gasteiger partial charge in [0.25, 0.3) is 0 Å². The lowest BCUT2D eigenvalue weighted by Crippen LogP contribution is -2.40. The summed E-state index contributed by atoms with van der Waals surface area (Å²) in [6.07, 6.45) is 3.14. The zero-order valence-electron chi connectivity index (χ0n) is 11.3. The Morgan fingerprint density at radius 3 is 3.22 bits per heavy atom. The van der Waals surface area contributed by atoms with E-state index in [1.54, 1.807) is 19.4 Å². The summed E-state index contributed by atoms with van der Waals surface area (Å²) in [7, 11) is 1.56. The third kappa shape index (κ3) is 1.97. The summed E-state index contributed by atoms with van der Waals surface area (Å²) >= 11 is 0. The van der Waals surface area contributed by atoms with Gasteiger partial charge in [-0.15, -0.1) is 0 Å². The minimum absolute atomic E-state index is 0.353. The van der Waals surface area contributed by atoms with Crippen LogP contribution in [0.15, 0.2) is 28.7 Å². The number of amidine groups is 1. The predicted octanol–water partition coefficient (Wildman–Crippen LogP) is -0.171. The Bertz CT molecular complexity index is 471. The van der Waals surface area contributed by atoms with Gasteiger partial charge >= 0.3 is 0 Å². The number of hydrogen-bond donors (Lipinski definition) is 1. The minimum Gasteiger partial charge on any atom is -0.494 e. The first-order valence-corrected chi connectivity index (χ1v) is 5.91. The highest BCUT2D eigenvalue weighted by Gasteiger charge is 2.33. The van der Waals surface area contributed by atoms with Crippen molar-refractivity contribution in [2.24, 2.45) is 10.7 Å². The average molecular weight is 252 g/mol. The number of nitrogens with zero attached hydrogens (tertiary/aromatic N) is 2. The smallest absolute Gasteiger partial charge is 0.146 e. The molecule has 0 bridgehead atoms. The first-order valence-electron chi connectivity index (χ1n) is 6.41. The highest BCUT2D eigenvalue weighted by molar-refractivity contribution is 5.97. The molecule has 0 spiro atoms. The van der Waals surface area contributed by atoms with Crippen molar-refractivity contribution in [2.75, 3.05) is 33.5 Å². The van der Waals surface area contributed by atoms with Crippen LogP contribution in [0.2, 0.25) is 0 Å². The Hall–Kier alpha value is -1.53. The van der Waals surface area contributed by atoms with E-state index in [9.17, 15) is 0 Å². The van der Waals surface area contributed by atoms with E-state index in [-0.39, 0.29) is 6.10 Å². The molecule has 2 unspecified atom stereocenters. The maximum Gasteiger partial charge on any atom is 0.146 e. The number of hydrogen-bond acceptors (Lipinski definition) is 6. The van der Waals surface area contributed by atoms with Gasteiger partial charge in [-0.25, -0.2) is 0 Å². The zero-order valence-corrected chi connectivity index (χ0v) is 10.3. The fourth-order valence-corrected chi connectivity index (χ4v) is 2.19. The van der Waals surface area contributed by atoms with Gasteiger partial charge in [0.15, 0.2) is 0 Å². The molecule has 18 heavy (non-hydrogen) atoms. The molecule has 0 aromatic carbocycles. The van der Waals surface area contributed by atoms with E-state index >= 15 is 0 Å². The molecule has 0 aromatic rings. The maximum atomic E-state index is 8.48. The first kappa shape index (κ1) is 10.4. The van der Waals surface area contributed by atoms with E-state index in [0.717, 1.165) is 0 Å². The monoisotopic (exact) mass is 252 g/mol. The summed E-state index contributed by atoms with van der Waals surface area (Å²) in [4.78, 5) is 6.30. The molecule has 6 nitrogen and oxygen atoms in total. The molecule has 0 saturated carbocycles. The Labute approximate surface area is 107 Å². The molecule has 3 aliphatic heterocycles. The molecule has 3 heterocycles. The Balaban J connectivity index is 1.85. The maximum absolute atomic E-state index is 8.48. The quantitative estimate of drug-likeness (QED) is 0.739. The Morgan fingerprint density at radius 1 is 1.61 bits per heavy atom. The van der Waals surface area contributed by atoms with E-state index in [1.807, 2.05) is 4.90 Å². The second-order valence-electron chi connectivity index (χ2n) is 4.32. The van der Waals surface area contributed by atoms with Gasteiger partial charge in [-0.1, -0.05) is 0 Å². The van der Waals surface area contributed by atoms with Crippen molar-refractivity contribution in [1.29, 1.82) is 0 Å². The lowest BCUT2D eigenvalue weighted by atomic mass is 10.1. The van der Waals surface area contributed by atoms with Gasteiger partial charge in [0.2, 0.25) is 0 Å². The Morgan fingerprint density at radius 2 is 2.50 bits per heavy atom. The van der Waals surface area contributed by atoms with Crippen LogP contribution in [0.25, 0.3) is 0 Å². The van der Waals surface area contributed by atoms with Crippen LogP contribution in [-0.4, -0.2) is 56.3 Å². The molecule has 98 valence electrons. The van der Waals surface area contributed by atoms with Crippen LogP contribution in [0.1, 0.15) is 1.37 Å². The largest absolute Gasteiger partial charge is 0.494 e. The number of methoxy groups -OCH3 is 1. The molecule has 0 aliphatic carbocycles. The molecular weight excluding hydrogens is 234 g/mol. The normalized spacial score (nSPS) is 36.3. The van der Waals surface area contributed by atoms with Crippen LogP contribution in [0, 0.1) is 0 Å². The van der Waals surface area contributed by atoms with Gasteiger partial charge < -0.3 is 24.8 Å². The van der Waals surface area contributed by atoms with Crippen LogP contribution in [0.3, 0.4) is 0 Å². The summed E-state index contributed by atoms with van der Waals surface area (Å²) in [5.74, 6) is 1.25. The van der Waals surface area contributed by atoms with Gasteiger partial charge in [0, 0.05) is 18.8 Å². The van der Waals surface area contributed by atoms with Crippen LogP contribution >= 0.6 is 0 Å². The fourth-order valence-electron chi connectivity index (χ4n) is 2.19. The van der Waals surface area contributed by atoms with Gasteiger partial charge in [0.05, 0.1) is 40.0 Å². The van der Waals surface area contributed by atoms with Crippen molar-refractivity contribution in [1.82, 2.24) is 4.90 Å². The summed E-state index contributed by atoms with van der Waals surface area (Å²) < 4.78 is 24.6. The zero-order chi connectivity index (χ0) is 13.5. The summed E-state index contributed by atoms with van der Waals surface area (Å²) in [5, 5.41) is 0. The topological polar surface area (TPSA) is 69.3 Å². The third-order valence-electron chi connectivity index (χ3n) is 3.13. The summed E-state index contributed by atoms with van der Waals surface area (Å²) in [6.45, 7) is 1.89. The van der Waals surface area contributed by atoms with Crippen LogP contribution in [-0.2, 0) is 14.2 Å². The lowest BCUT2D eigenvalue weighted by molar-refractivity contribution is -0.0959. The highest BCUT2D eigenvalue weighted by Crippen LogP contribution is 2.23. The molecule has 0 aromatic heterocycles. The average Bonchev–Trinajstić information content (AvgIpc) is 2.75. The number of nitrogens with two attached hydrogens (primary N) is 1. The number of aliphatic imine (C=N–C) groups is 1. The molecule has 3 rings (SSSR count).